The van der Waals surface area contributed by atoms with Gasteiger partial charge < -0.3 is 5.11 Å². The lowest BCUT2D eigenvalue weighted by atomic mass is 10.2. The van der Waals surface area contributed by atoms with E-state index in [9.17, 15) is 4.79 Å². The van der Waals surface area contributed by atoms with Gasteiger partial charge in [-0.1, -0.05) is 0 Å². The highest BCUT2D eigenvalue weighted by Gasteiger charge is 2.13. The molecule has 0 radical (unpaired) electrons. The first kappa shape index (κ1) is 14.0. The number of carboxylic acids is 1. The van der Waals surface area contributed by atoms with Crippen molar-refractivity contribution >= 4 is 38.9 Å². The van der Waals surface area contributed by atoms with Gasteiger partial charge in [0, 0.05) is 41.2 Å². The number of rotatable bonds is 4. The van der Waals surface area contributed by atoms with Gasteiger partial charge in [-0.05, 0) is 5.56 Å². The summed E-state index contributed by atoms with van der Waals surface area (Å²) in [6, 6.07) is 0. The third kappa shape index (κ3) is 2.60. The number of aromatic carboxylic acids is 1. The van der Waals surface area contributed by atoms with Gasteiger partial charge in [0.25, 0.3) is 0 Å². The lowest BCUT2D eigenvalue weighted by molar-refractivity contribution is 0.0699. The molecule has 0 aliphatic rings. The quantitative estimate of drug-likeness (QED) is 0.612. The van der Waals surface area contributed by atoms with Gasteiger partial charge in [0.1, 0.15) is 10.7 Å². The van der Waals surface area contributed by atoms with E-state index in [-0.39, 0.29) is 5.56 Å². The number of carbonyl (C=O) groups is 1. The fourth-order valence-electron chi connectivity index (χ4n) is 2.17. The van der Waals surface area contributed by atoms with Crippen molar-refractivity contribution in [1.29, 1.82) is 0 Å². The topological polar surface area (TPSA) is 93.8 Å². The Morgan fingerprint density at radius 3 is 2.96 bits per heavy atom. The van der Waals surface area contributed by atoms with Crippen LogP contribution in [0.5, 0.6) is 0 Å². The highest BCUT2D eigenvalue weighted by atomic mass is 32.1. The van der Waals surface area contributed by atoms with Gasteiger partial charge in [-0.3, -0.25) is 0 Å². The van der Waals surface area contributed by atoms with E-state index < -0.39 is 5.97 Å². The van der Waals surface area contributed by atoms with Crippen LogP contribution in [0.4, 0.5) is 0 Å². The molecular formula is C14H9N5O2S2. The molecule has 0 atom stereocenters. The molecule has 4 aromatic rings. The molecule has 0 aliphatic carbocycles. The molecule has 0 aromatic carbocycles. The molecule has 23 heavy (non-hydrogen) atoms. The largest absolute Gasteiger partial charge is 0.478 e. The zero-order valence-electron chi connectivity index (χ0n) is 11.6. The first-order valence-corrected chi connectivity index (χ1v) is 8.36. The summed E-state index contributed by atoms with van der Waals surface area (Å²) in [6.45, 7) is 0. The van der Waals surface area contributed by atoms with Crippen LogP contribution in [0.15, 0.2) is 35.5 Å². The number of aromatic nitrogens is 5. The zero-order valence-corrected chi connectivity index (χ0v) is 13.2. The van der Waals surface area contributed by atoms with Crippen LogP contribution in [0, 0.1) is 0 Å². The Kier molecular flexibility index (Phi) is 3.36. The lowest BCUT2D eigenvalue weighted by Gasteiger charge is -1.98. The van der Waals surface area contributed by atoms with Gasteiger partial charge in [0.2, 0.25) is 5.13 Å². The van der Waals surface area contributed by atoms with Gasteiger partial charge >= 0.3 is 5.97 Å². The third-order valence-electron chi connectivity index (χ3n) is 3.23. The third-order valence-corrected chi connectivity index (χ3v) is 4.88. The van der Waals surface area contributed by atoms with E-state index in [1.165, 1.54) is 22.7 Å². The number of fused-ring (bicyclic) bond motifs is 1. The van der Waals surface area contributed by atoms with E-state index in [2.05, 4.69) is 20.1 Å². The van der Waals surface area contributed by atoms with Gasteiger partial charge in [-0.2, -0.15) is 5.10 Å². The SMILES string of the molecule is O=C(O)c1csc2nc(Cc3cnn(-c4nccs4)c3)ncc12. The first-order chi connectivity index (χ1) is 11.2. The van der Waals surface area contributed by atoms with E-state index in [1.54, 1.807) is 28.7 Å². The molecule has 0 bridgehead atoms. The minimum Gasteiger partial charge on any atom is -0.478 e. The van der Waals surface area contributed by atoms with Crippen LogP contribution in [0.3, 0.4) is 0 Å². The van der Waals surface area contributed by atoms with Crippen molar-refractivity contribution in [3.05, 3.63) is 52.5 Å². The number of carboxylic acid groups (broad SMARTS) is 1. The van der Waals surface area contributed by atoms with Crippen molar-refractivity contribution < 1.29 is 9.90 Å². The predicted molar refractivity (Wildman–Crippen MR) is 86.4 cm³/mol. The summed E-state index contributed by atoms with van der Waals surface area (Å²) in [7, 11) is 0. The summed E-state index contributed by atoms with van der Waals surface area (Å²) in [6.07, 6.45) is 7.48. The molecule has 4 heterocycles. The standard InChI is InChI=1S/C14H9N5O2S2/c20-13(21)10-7-23-12-9(10)5-16-11(18-12)3-8-4-17-19(6-8)14-15-1-2-22-14/h1-2,4-7H,3H2,(H,20,21). The molecule has 0 amide bonds. The molecule has 9 heteroatoms. The highest BCUT2D eigenvalue weighted by molar-refractivity contribution is 7.17. The van der Waals surface area contributed by atoms with Crippen LogP contribution in [-0.4, -0.2) is 35.8 Å². The Labute approximate surface area is 137 Å². The average Bonchev–Trinajstić information content (AvgIpc) is 3.27. The highest BCUT2D eigenvalue weighted by Crippen LogP contribution is 2.24. The van der Waals surface area contributed by atoms with Gasteiger partial charge in [0.05, 0.1) is 11.8 Å². The van der Waals surface area contributed by atoms with Crippen LogP contribution in [0.2, 0.25) is 0 Å². The van der Waals surface area contributed by atoms with Crippen molar-refractivity contribution in [2.24, 2.45) is 0 Å². The second-order valence-corrected chi connectivity index (χ2v) is 6.48. The molecule has 0 unspecified atom stereocenters. The van der Waals surface area contributed by atoms with Crippen molar-refractivity contribution in [3.63, 3.8) is 0 Å². The Morgan fingerprint density at radius 2 is 2.17 bits per heavy atom. The maximum absolute atomic E-state index is 11.1. The van der Waals surface area contributed by atoms with Crippen molar-refractivity contribution in [3.8, 4) is 5.13 Å². The molecule has 4 aromatic heterocycles. The minimum atomic E-state index is -0.961. The molecule has 114 valence electrons. The van der Waals surface area contributed by atoms with Crippen molar-refractivity contribution in [2.45, 2.75) is 6.42 Å². The smallest absolute Gasteiger partial charge is 0.337 e. The van der Waals surface area contributed by atoms with Gasteiger partial charge in [-0.25, -0.2) is 24.4 Å². The molecule has 4 rings (SSSR count). The summed E-state index contributed by atoms with van der Waals surface area (Å²) in [5.41, 5.74) is 1.21. The van der Waals surface area contributed by atoms with Gasteiger partial charge in [0.15, 0.2) is 0 Å². The van der Waals surface area contributed by atoms with E-state index >= 15 is 0 Å². The maximum Gasteiger partial charge on any atom is 0.337 e. The molecule has 0 saturated carbocycles. The molecule has 0 fully saturated rings. The predicted octanol–water partition coefficient (Wildman–Crippen LogP) is 2.62. The van der Waals surface area contributed by atoms with E-state index in [4.69, 9.17) is 5.11 Å². The number of hydrogen-bond acceptors (Lipinski definition) is 7. The molecule has 0 saturated heterocycles. The summed E-state index contributed by atoms with van der Waals surface area (Å²) in [4.78, 5) is 24.7. The van der Waals surface area contributed by atoms with Crippen LogP contribution in [0.25, 0.3) is 15.3 Å². The molecule has 0 aliphatic heterocycles. The van der Waals surface area contributed by atoms with E-state index in [0.717, 1.165) is 10.7 Å². The van der Waals surface area contributed by atoms with Gasteiger partial charge in [-0.15, -0.1) is 22.7 Å². The second-order valence-electron chi connectivity index (χ2n) is 4.74. The fourth-order valence-corrected chi connectivity index (χ4v) is 3.65. The monoisotopic (exact) mass is 343 g/mol. The fraction of sp³-hybridized carbons (Fsp3) is 0.0714. The van der Waals surface area contributed by atoms with Crippen LogP contribution in [-0.2, 0) is 6.42 Å². The summed E-state index contributed by atoms with van der Waals surface area (Å²) < 4.78 is 1.71. The van der Waals surface area contributed by atoms with Crippen molar-refractivity contribution in [2.75, 3.05) is 0 Å². The summed E-state index contributed by atoms with van der Waals surface area (Å²) >= 11 is 2.82. The van der Waals surface area contributed by atoms with Crippen molar-refractivity contribution in [1.82, 2.24) is 24.7 Å². The summed E-state index contributed by atoms with van der Waals surface area (Å²) in [5.74, 6) is -0.327. The number of hydrogen-bond donors (Lipinski definition) is 1. The lowest BCUT2D eigenvalue weighted by Crippen LogP contribution is -1.98. The Morgan fingerprint density at radius 1 is 1.26 bits per heavy atom. The normalized spacial score (nSPS) is 11.1. The Bertz CT molecular complexity index is 990. The van der Waals surface area contributed by atoms with Crippen LogP contribution < -0.4 is 0 Å². The van der Waals surface area contributed by atoms with Crippen LogP contribution >= 0.6 is 22.7 Å². The maximum atomic E-state index is 11.1. The molecule has 0 spiro atoms. The van der Waals surface area contributed by atoms with Crippen LogP contribution in [0.1, 0.15) is 21.7 Å². The first-order valence-electron chi connectivity index (χ1n) is 6.60. The minimum absolute atomic E-state index is 0.244. The second kappa shape index (κ2) is 5.52. The number of thiophene rings is 1. The van der Waals surface area contributed by atoms with E-state index in [1.807, 2.05) is 11.6 Å². The van der Waals surface area contributed by atoms with E-state index in [0.29, 0.717) is 22.5 Å². The summed E-state index contributed by atoms with van der Waals surface area (Å²) in [5, 5.41) is 18.2. The molecular weight excluding hydrogens is 334 g/mol. The number of thiazole rings is 1. The number of nitrogens with zero attached hydrogens (tertiary/aromatic N) is 5. The Hall–Kier alpha value is -2.65. The zero-order chi connectivity index (χ0) is 15.8. The Balaban J connectivity index is 1.62. The molecule has 1 N–H and O–H groups in total. The molecule has 7 nitrogen and oxygen atoms in total. The average molecular weight is 343 g/mol.